The lowest BCUT2D eigenvalue weighted by atomic mass is 9.95. The predicted octanol–water partition coefficient (Wildman–Crippen LogP) is 6.17. The Labute approximate surface area is 204 Å². The maximum Gasteiger partial charge on any atom is 0.338 e. The molecule has 0 saturated heterocycles. The molecule has 5 nitrogen and oxygen atoms in total. The molecular formula is C27H31BrO5. The molecule has 2 aromatic rings. The lowest BCUT2D eigenvalue weighted by Gasteiger charge is -2.10. The molecule has 0 bridgehead atoms. The highest BCUT2D eigenvalue weighted by molar-refractivity contribution is 9.09. The van der Waals surface area contributed by atoms with Crippen LogP contribution in [0.4, 0.5) is 0 Å². The molecule has 0 aliphatic rings. The van der Waals surface area contributed by atoms with E-state index in [1.54, 1.807) is 44.2 Å². The molecule has 0 atom stereocenters. The highest BCUT2D eigenvalue weighted by Gasteiger charge is 2.15. The van der Waals surface area contributed by atoms with Crippen LogP contribution in [0.2, 0.25) is 0 Å². The maximum atomic E-state index is 13.1. The lowest BCUT2D eigenvalue weighted by molar-refractivity contribution is -0.143. The number of unbranched alkanes of at least 4 members (excludes halogenated alkanes) is 2. The number of allylic oxidation sites excluding steroid dienone is 1. The fourth-order valence-electron chi connectivity index (χ4n) is 3.33. The van der Waals surface area contributed by atoms with Gasteiger partial charge in [0, 0.05) is 22.9 Å². The van der Waals surface area contributed by atoms with E-state index in [0.29, 0.717) is 29.7 Å². The summed E-state index contributed by atoms with van der Waals surface area (Å²) in [5, 5.41) is 0.986. The summed E-state index contributed by atoms with van der Waals surface area (Å²) in [6, 6.07) is 12.1. The number of benzene rings is 2. The number of halogens is 1. The molecule has 2 aromatic carbocycles. The maximum absolute atomic E-state index is 13.1. The van der Waals surface area contributed by atoms with Gasteiger partial charge in [0.15, 0.2) is 5.78 Å². The van der Waals surface area contributed by atoms with Crippen LogP contribution >= 0.6 is 15.9 Å². The second-order valence-corrected chi connectivity index (χ2v) is 8.23. The summed E-state index contributed by atoms with van der Waals surface area (Å²) in [5.41, 5.74) is 3.15. The van der Waals surface area contributed by atoms with E-state index in [2.05, 4.69) is 22.0 Å². The summed E-state index contributed by atoms with van der Waals surface area (Å²) in [5.74, 6) is -0.905. The zero-order valence-corrected chi connectivity index (χ0v) is 20.9. The van der Waals surface area contributed by atoms with E-state index < -0.39 is 5.97 Å². The number of aryl methyl sites for hydroxylation is 1. The molecule has 0 aromatic heterocycles. The standard InChI is InChI=1S/C27H31BrO5/c1-3-32-25(29)16-15-21-18-23(14-13-20(21)10-7-5-6-8-17-28)26(30)22-11-9-12-24(19-22)27(31)33-4-2/h7,9-14,18-19H,3-6,8,15-17H2,1-2H3. The van der Waals surface area contributed by atoms with Crippen molar-refractivity contribution in [1.82, 2.24) is 0 Å². The van der Waals surface area contributed by atoms with Gasteiger partial charge in [0.1, 0.15) is 0 Å². The number of carbonyl (C=O) groups is 3. The number of ether oxygens (including phenoxy) is 2. The summed E-state index contributed by atoms with van der Waals surface area (Å²) in [6.45, 7) is 4.13. The van der Waals surface area contributed by atoms with Crippen LogP contribution in [0, 0.1) is 0 Å². The lowest BCUT2D eigenvalue weighted by Crippen LogP contribution is -2.09. The van der Waals surface area contributed by atoms with Crippen LogP contribution in [0.5, 0.6) is 0 Å². The van der Waals surface area contributed by atoms with Gasteiger partial charge in [-0.2, -0.15) is 0 Å². The molecule has 0 fully saturated rings. The number of hydrogen-bond acceptors (Lipinski definition) is 5. The highest BCUT2D eigenvalue weighted by Crippen LogP contribution is 2.20. The van der Waals surface area contributed by atoms with Crippen LogP contribution in [-0.4, -0.2) is 36.3 Å². The minimum absolute atomic E-state index is 0.189. The molecule has 0 aliphatic carbocycles. The summed E-state index contributed by atoms with van der Waals surface area (Å²) in [6.07, 6.45) is 8.05. The Hall–Kier alpha value is -2.73. The van der Waals surface area contributed by atoms with Gasteiger partial charge >= 0.3 is 11.9 Å². The molecule has 0 saturated carbocycles. The Morgan fingerprint density at radius 1 is 0.909 bits per heavy atom. The van der Waals surface area contributed by atoms with Crippen LogP contribution in [0.1, 0.15) is 76.9 Å². The third-order valence-corrected chi connectivity index (χ3v) is 5.56. The minimum atomic E-state index is -0.456. The van der Waals surface area contributed by atoms with Crippen molar-refractivity contribution < 1.29 is 23.9 Å². The average Bonchev–Trinajstić information content (AvgIpc) is 2.83. The first-order valence-corrected chi connectivity index (χ1v) is 12.4. The molecular weight excluding hydrogens is 484 g/mol. The normalized spacial score (nSPS) is 10.9. The van der Waals surface area contributed by atoms with E-state index in [4.69, 9.17) is 9.47 Å². The van der Waals surface area contributed by atoms with Crippen LogP contribution in [0.3, 0.4) is 0 Å². The second kappa shape index (κ2) is 14.4. The molecule has 6 heteroatoms. The monoisotopic (exact) mass is 514 g/mol. The molecule has 176 valence electrons. The minimum Gasteiger partial charge on any atom is -0.466 e. The Balaban J connectivity index is 2.28. The van der Waals surface area contributed by atoms with Gasteiger partial charge < -0.3 is 9.47 Å². The van der Waals surface area contributed by atoms with Crippen molar-refractivity contribution in [3.63, 3.8) is 0 Å². The van der Waals surface area contributed by atoms with Gasteiger partial charge in [-0.15, -0.1) is 0 Å². The van der Waals surface area contributed by atoms with Crippen LogP contribution in [-0.2, 0) is 20.7 Å². The molecule has 0 unspecified atom stereocenters. The van der Waals surface area contributed by atoms with E-state index in [0.717, 1.165) is 35.7 Å². The van der Waals surface area contributed by atoms with Gasteiger partial charge in [0.25, 0.3) is 0 Å². The van der Waals surface area contributed by atoms with Crippen molar-refractivity contribution in [3.8, 4) is 0 Å². The fourth-order valence-corrected chi connectivity index (χ4v) is 3.73. The summed E-state index contributed by atoms with van der Waals surface area (Å²) >= 11 is 3.44. The largest absolute Gasteiger partial charge is 0.466 e. The first-order chi connectivity index (χ1) is 16.0. The Bertz CT molecular complexity index is 980. The molecule has 33 heavy (non-hydrogen) atoms. The molecule has 0 radical (unpaired) electrons. The van der Waals surface area contributed by atoms with E-state index in [-0.39, 0.29) is 24.8 Å². The van der Waals surface area contributed by atoms with E-state index in [1.807, 2.05) is 18.2 Å². The Morgan fingerprint density at radius 2 is 1.64 bits per heavy atom. The zero-order chi connectivity index (χ0) is 24.1. The number of esters is 2. The average molecular weight is 515 g/mol. The van der Waals surface area contributed by atoms with Gasteiger partial charge in [0.05, 0.1) is 18.8 Å². The van der Waals surface area contributed by atoms with Gasteiger partial charge in [-0.1, -0.05) is 52.3 Å². The van der Waals surface area contributed by atoms with Crippen LogP contribution < -0.4 is 0 Å². The quantitative estimate of drug-likeness (QED) is 0.138. The molecule has 2 rings (SSSR count). The SMILES string of the molecule is CCOC(=O)CCc1cc(C(=O)c2cccc(C(=O)OCC)c2)ccc1C=CCCCCBr. The zero-order valence-electron chi connectivity index (χ0n) is 19.3. The number of ketones is 1. The Morgan fingerprint density at radius 3 is 2.36 bits per heavy atom. The molecule has 0 aliphatic heterocycles. The number of carbonyl (C=O) groups excluding carboxylic acids is 3. The van der Waals surface area contributed by atoms with Crippen molar-refractivity contribution in [2.75, 3.05) is 18.5 Å². The van der Waals surface area contributed by atoms with Gasteiger partial charge in [-0.05, 0) is 68.9 Å². The molecule has 0 heterocycles. The molecule has 0 spiro atoms. The summed E-state index contributed by atoms with van der Waals surface area (Å²) in [4.78, 5) is 37.1. The fraction of sp³-hybridized carbons (Fsp3) is 0.370. The first-order valence-electron chi connectivity index (χ1n) is 11.3. The molecule has 0 N–H and O–H groups in total. The van der Waals surface area contributed by atoms with E-state index >= 15 is 0 Å². The number of rotatable bonds is 13. The number of hydrogen-bond donors (Lipinski definition) is 0. The third kappa shape index (κ3) is 8.61. The van der Waals surface area contributed by atoms with Crippen molar-refractivity contribution in [3.05, 3.63) is 76.4 Å². The van der Waals surface area contributed by atoms with E-state index in [9.17, 15) is 14.4 Å². The van der Waals surface area contributed by atoms with Crippen molar-refractivity contribution in [2.24, 2.45) is 0 Å². The van der Waals surface area contributed by atoms with Gasteiger partial charge in [-0.25, -0.2) is 4.79 Å². The number of alkyl halides is 1. The van der Waals surface area contributed by atoms with Gasteiger partial charge in [0.2, 0.25) is 0 Å². The highest BCUT2D eigenvalue weighted by atomic mass is 79.9. The van der Waals surface area contributed by atoms with E-state index in [1.165, 1.54) is 0 Å². The van der Waals surface area contributed by atoms with Crippen molar-refractivity contribution in [2.45, 2.75) is 46.0 Å². The predicted molar refractivity (Wildman–Crippen MR) is 134 cm³/mol. The second-order valence-electron chi connectivity index (χ2n) is 7.44. The topological polar surface area (TPSA) is 69.7 Å². The summed E-state index contributed by atoms with van der Waals surface area (Å²) < 4.78 is 10.1. The van der Waals surface area contributed by atoms with Gasteiger partial charge in [-0.3, -0.25) is 9.59 Å². The first kappa shape index (κ1) is 26.5. The van der Waals surface area contributed by atoms with Crippen molar-refractivity contribution >= 4 is 39.7 Å². The molecule has 0 amide bonds. The Kier molecular flexibility index (Phi) is 11.6. The van der Waals surface area contributed by atoms with Crippen LogP contribution in [0.15, 0.2) is 48.5 Å². The summed E-state index contributed by atoms with van der Waals surface area (Å²) in [7, 11) is 0. The van der Waals surface area contributed by atoms with Crippen molar-refractivity contribution in [1.29, 1.82) is 0 Å². The third-order valence-electron chi connectivity index (χ3n) is 5.00. The smallest absolute Gasteiger partial charge is 0.338 e. The van der Waals surface area contributed by atoms with Crippen LogP contribution in [0.25, 0.3) is 6.08 Å².